The molecule has 50 heavy (non-hydrogen) atoms. The highest BCUT2D eigenvalue weighted by Gasteiger charge is 2.35. The molecule has 1 saturated heterocycles. The van der Waals surface area contributed by atoms with E-state index in [4.69, 9.17) is 9.84 Å². The maximum atomic E-state index is 14.6. The van der Waals surface area contributed by atoms with Crippen LogP contribution in [0.1, 0.15) is 34.5 Å². The number of carbonyl (C=O) groups is 4. The minimum Gasteiger partial charge on any atom is -0.479 e. The summed E-state index contributed by atoms with van der Waals surface area (Å²) in [5.41, 5.74) is 1.05. The van der Waals surface area contributed by atoms with Gasteiger partial charge in [0.05, 0.1) is 18.2 Å². The van der Waals surface area contributed by atoms with E-state index in [2.05, 4.69) is 25.9 Å². The summed E-state index contributed by atoms with van der Waals surface area (Å²) in [6, 6.07) is 13.3. The van der Waals surface area contributed by atoms with Crippen LogP contribution in [0.15, 0.2) is 60.8 Å². The third kappa shape index (κ3) is 6.89. The highest BCUT2D eigenvalue weighted by molar-refractivity contribution is 6.01. The molecule has 3 aromatic carbocycles. The second kappa shape index (κ2) is 14.4. The number of aliphatic hydroxyl groups is 1. The van der Waals surface area contributed by atoms with E-state index in [1.54, 1.807) is 42.6 Å². The molecule has 1 fully saturated rings. The molecule has 6 N–H and O–H groups in total. The van der Waals surface area contributed by atoms with Crippen molar-refractivity contribution in [2.75, 3.05) is 13.2 Å². The van der Waals surface area contributed by atoms with Gasteiger partial charge in [0.2, 0.25) is 23.4 Å². The minimum atomic E-state index is -1.96. The molecule has 15 heteroatoms. The molecule has 0 bridgehead atoms. The van der Waals surface area contributed by atoms with Crippen molar-refractivity contribution >= 4 is 45.3 Å². The van der Waals surface area contributed by atoms with E-state index >= 15 is 0 Å². The normalized spacial score (nSPS) is 15.5. The number of hydrogen-bond donors (Lipinski definition) is 6. The molecule has 3 heterocycles. The van der Waals surface area contributed by atoms with Gasteiger partial charge >= 0.3 is 0 Å². The average Bonchev–Trinajstić information content (AvgIpc) is 3.85. The predicted molar refractivity (Wildman–Crippen MR) is 172 cm³/mol. The number of hydrogen-bond acceptors (Lipinski definition) is 6. The Morgan fingerprint density at radius 2 is 1.62 bits per heavy atom. The Bertz CT molecular complexity index is 2050. The fourth-order valence-electron chi connectivity index (χ4n) is 6.03. The molecule has 1 aliphatic heterocycles. The van der Waals surface area contributed by atoms with Gasteiger partial charge in [0.1, 0.15) is 18.3 Å². The Morgan fingerprint density at radius 3 is 2.30 bits per heavy atom. The highest BCUT2D eigenvalue weighted by Crippen LogP contribution is 2.30. The zero-order valence-corrected chi connectivity index (χ0v) is 26.2. The molecule has 0 saturated carbocycles. The second-order valence-electron chi connectivity index (χ2n) is 11.9. The smallest absolute Gasteiger partial charge is 0.268 e. The lowest BCUT2D eigenvalue weighted by Crippen LogP contribution is -2.53. The van der Waals surface area contributed by atoms with E-state index in [1.165, 1.54) is 0 Å². The Hall–Kier alpha value is -5.70. The highest BCUT2D eigenvalue weighted by atomic mass is 19.2. The molecule has 6 rings (SSSR count). The van der Waals surface area contributed by atoms with E-state index in [9.17, 15) is 36.7 Å². The number of para-hydroxylation sites is 2. The summed E-state index contributed by atoms with van der Waals surface area (Å²) in [7, 11) is 0. The van der Waals surface area contributed by atoms with Crippen molar-refractivity contribution < 1.29 is 46.6 Å². The molecule has 11 nitrogen and oxygen atoms in total. The van der Waals surface area contributed by atoms with Gasteiger partial charge in [0.25, 0.3) is 5.91 Å². The summed E-state index contributed by atoms with van der Waals surface area (Å²) >= 11 is 0. The number of aliphatic hydroxyl groups excluding tert-OH is 1. The number of aromatic nitrogens is 2. The molecule has 0 aliphatic carbocycles. The first-order valence-electron chi connectivity index (χ1n) is 15.7. The van der Waals surface area contributed by atoms with Crippen molar-refractivity contribution in [2.45, 2.75) is 38.0 Å². The van der Waals surface area contributed by atoms with Gasteiger partial charge in [-0.15, -0.1) is 0 Å². The number of Topliss-reactive ketones (excluding diaryl/α,β-unsaturated/α-hetero) is 1. The van der Waals surface area contributed by atoms with Crippen LogP contribution in [0.25, 0.3) is 21.8 Å². The van der Waals surface area contributed by atoms with Gasteiger partial charge < -0.3 is 35.8 Å². The topological polar surface area (TPSA) is 165 Å². The number of rotatable bonds is 13. The van der Waals surface area contributed by atoms with E-state index in [-0.39, 0.29) is 24.4 Å². The van der Waals surface area contributed by atoms with Crippen molar-refractivity contribution in [2.24, 2.45) is 5.92 Å². The molecule has 0 spiro atoms. The van der Waals surface area contributed by atoms with Crippen molar-refractivity contribution in [1.82, 2.24) is 25.9 Å². The lowest BCUT2D eigenvalue weighted by molar-refractivity contribution is -0.131. The molecule has 1 aliphatic rings. The first-order valence-corrected chi connectivity index (χ1v) is 15.7. The van der Waals surface area contributed by atoms with Crippen LogP contribution in [-0.2, 0) is 27.4 Å². The number of carbonyl (C=O) groups excluding carboxylic acids is 4. The van der Waals surface area contributed by atoms with Gasteiger partial charge in [-0.3, -0.25) is 19.2 Å². The van der Waals surface area contributed by atoms with Gasteiger partial charge in [-0.2, -0.15) is 8.78 Å². The standard InChI is InChI=1S/C35H31F4N5O6/c36-28-21(15-45)29(37)31(39)32(30(28)38)50-16-27(46)24(12-18-9-10-40-33(18)47)43-35(49)26(13-19-14-41-23-8-4-2-6-20(19)23)44-34(48)25-11-17-5-1-3-7-22(17)42-25/h1-8,11,14,18,24,26,41-42,45H,9-10,12-13,15-16H2,(H,40,47)(H,43,49)(H,44,48)/t18-,24-,26-/m0/s1. The zero-order valence-electron chi connectivity index (χ0n) is 26.2. The summed E-state index contributed by atoms with van der Waals surface area (Å²) in [5, 5.41) is 18.5. The molecule has 0 radical (unpaired) electrons. The number of benzene rings is 3. The van der Waals surface area contributed by atoms with Crippen LogP contribution < -0.4 is 20.7 Å². The van der Waals surface area contributed by atoms with Crippen molar-refractivity contribution in [3.8, 4) is 5.75 Å². The molecule has 5 aromatic rings. The van der Waals surface area contributed by atoms with E-state index in [0.717, 1.165) is 16.3 Å². The van der Waals surface area contributed by atoms with Crippen molar-refractivity contribution in [1.29, 1.82) is 0 Å². The van der Waals surface area contributed by atoms with Crippen LogP contribution in [0, 0.1) is 29.2 Å². The number of ketones is 1. The van der Waals surface area contributed by atoms with Gasteiger partial charge in [-0.1, -0.05) is 36.4 Å². The Morgan fingerprint density at radius 1 is 0.920 bits per heavy atom. The zero-order chi connectivity index (χ0) is 35.5. The third-order valence-electron chi connectivity index (χ3n) is 8.71. The SMILES string of the molecule is O=C(N[C@@H](Cc1c[nH]c2ccccc12)C(=O)N[C@@H](C[C@@H]1CCNC1=O)C(=O)COc1c(F)c(F)c(CO)c(F)c1F)c1cc2ccccc2[nH]1. The molecule has 3 atom stereocenters. The average molecular weight is 694 g/mol. The van der Waals surface area contributed by atoms with Crippen LogP contribution in [0.4, 0.5) is 17.6 Å². The Kier molecular flexibility index (Phi) is 9.86. The van der Waals surface area contributed by atoms with Crippen LogP contribution in [0.2, 0.25) is 0 Å². The van der Waals surface area contributed by atoms with Crippen molar-refractivity contribution in [3.63, 3.8) is 0 Å². The number of ether oxygens (including phenoxy) is 1. The number of H-pyrrole nitrogens is 2. The van der Waals surface area contributed by atoms with E-state index < -0.39 is 83.4 Å². The lowest BCUT2D eigenvalue weighted by atomic mass is 9.95. The Balaban J connectivity index is 1.26. The molecular formula is C35H31F4N5O6. The van der Waals surface area contributed by atoms with Gasteiger partial charge in [-0.25, -0.2) is 8.78 Å². The van der Waals surface area contributed by atoms with Gasteiger partial charge in [0.15, 0.2) is 23.2 Å². The summed E-state index contributed by atoms with van der Waals surface area (Å²) in [4.78, 5) is 59.5. The van der Waals surface area contributed by atoms with Crippen LogP contribution in [0.3, 0.4) is 0 Å². The minimum absolute atomic E-state index is 0.0324. The van der Waals surface area contributed by atoms with Crippen molar-refractivity contribution in [3.05, 3.63) is 101 Å². The molecule has 2 aromatic heterocycles. The molecule has 3 amide bonds. The first kappa shape index (κ1) is 34.2. The summed E-state index contributed by atoms with van der Waals surface area (Å²) in [6.45, 7) is -2.18. The summed E-state index contributed by atoms with van der Waals surface area (Å²) < 4.78 is 62.5. The van der Waals surface area contributed by atoms with E-state index in [1.807, 2.05) is 18.2 Å². The van der Waals surface area contributed by atoms with Gasteiger partial charge in [0, 0.05) is 46.9 Å². The largest absolute Gasteiger partial charge is 0.479 e. The third-order valence-corrected chi connectivity index (χ3v) is 8.71. The molecule has 0 unspecified atom stereocenters. The monoisotopic (exact) mass is 693 g/mol. The fourth-order valence-corrected chi connectivity index (χ4v) is 6.03. The Labute approximate surface area is 281 Å². The number of nitrogens with one attached hydrogen (secondary N) is 5. The summed E-state index contributed by atoms with van der Waals surface area (Å²) in [6.07, 6.45) is 1.72. The number of aromatic amines is 2. The first-order chi connectivity index (χ1) is 24.0. The van der Waals surface area contributed by atoms with Crippen LogP contribution >= 0.6 is 0 Å². The van der Waals surface area contributed by atoms with Gasteiger partial charge in [-0.05, 0) is 36.6 Å². The number of fused-ring (bicyclic) bond motifs is 2. The lowest BCUT2D eigenvalue weighted by Gasteiger charge is -2.24. The molecule has 260 valence electrons. The number of halogens is 4. The maximum absolute atomic E-state index is 14.6. The van der Waals surface area contributed by atoms with Crippen LogP contribution in [-0.4, -0.2) is 63.8 Å². The predicted octanol–water partition coefficient (Wildman–Crippen LogP) is 3.70. The quantitative estimate of drug-likeness (QED) is 0.0814. The van der Waals surface area contributed by atoms with E-state index in [0.29, 0.717) is 24.0 Å². The second-order valence-corrected chi connectivity index (χ2v) is 11.9. The number of amides is 3. The van der Waals surface area contributed by atoms with Crippen LogP contribution in [0.5, 0.6) is 5.75 Å². The summed E-state index contributed by atoms with van der Waals surface area (Å²) in [5.74, 6) is -12.8. The molecular weight excluding hydrogens is 662 g/mol. The maximum Gasteiger partial charge on any atom is 0.268 e. The fraction of sp³-hybridized carbons (Fsp3) is 0.257.